The van der Waals surface area contributed by atoms with E-state index in [0.29, 0.717) is 36.7 Å². The fourth-order valence-corrected chi connectivity index (χ4v) is 5.50. The van der Waals surface area contributed by atoms with E-state index in [0.717, 1.165) is 34.0 Å². The van der Waals surface area contributed by atoms with Crippen LogP contribution in [0.15, 0.2) is 24.5 Å². The molecule has 1 N–H and O–H groups in total. The van der Waals surface area contributed by atoms with E-state index in [-0.39, 0.29) is 11.6 Å². The number of aliphatic hydroxyl groups excluding tert-OH is 1. The SMILES string of the molecule is COC(=O)c1c(CCCO[Si](C)(C)C(C)(C)C)c2ccc(Cl)c(-c3cnn(C)c3)c2n1CCCO. The number of hydrogen-bond donors (Lipinski definition) is 1. The van der Waals surface area contributed by atoms with Crippen LogP contribution in [-0.2, 0) is 29.2 Å². The summed E-state index contributed by atoms with van der Waals surface area (Å²) in [6, 6.07) is 3.85. The minimum atomic E-state index is -1.86. The topological polar surface area (TPSA) is 78.5 Å². The van der Waals surface area contributed by atoms with Gasteiger partial charge in [-0.05, 0) is 49.0 Å². The Kier molecular flexibility index (Phi) is 8.52. The van der Waals surface area contributed by atoms with E-state index in [1.807, 2.05) is 29.9 Å². The van der Waals surface area contributed by atoms with Gasteiger partial charge in [0, 0.05) is 49.5 Å². The molecule has 35 heavy (non-hydrogen) atoms. The summed E-state index contributed by atoms with van der Waals surface area (Å²) in [5, 5.41) is 15.6. The predicted molar refractivity (Wildman–Crippen MR) is 144 cm³/mol. The number of aliphatic hydroxyl groups is 1. The smallest absolute Gasteiger partial charge is 0.354 e. The summed E-state index contributed by atoms with van der Waals surface area (Å²) in [6.07, 6.45) is 5.63. The summed E-state index contributed by atoms with van der Waals surface area (Å²) in [4.78, 5) is 13.1. The first-order chi connectivity index (χ1) is 16.4. The standard InChI is InChI=1S/C26H38ClN3O4Si/c1-26(2,3)35(6,7)34-15-8-10-19-20-11-12-21(27)22(18-16-28-29(4)17-18)23(20)30(13-9-14-31)24(19)25(32)33-5/h11-12,16-17,31H,8-10,13-15H2,1-7H3. The first-order valence-electron chi connectivity index (χ1n) is 12.1. The molecule has 0 saturated carbocycles. The summed E-state index contributed by atoms with van der Waals surface area (Å²) in [7, 11) is 1.39. The number of rotatable bonds is 10. The molecule has 0 amide bonds. The second kappa shape index (κ2) is 10.9. The fourth-order valence-electron chi connectivity index (χ4n) is 4.15. The van der Waals surface area contributed by atoms with Crippen LogP contribution in [0.3, 0.4) is 0 Å². The summed E-state index contributed by atoms with van der Waals surface area (Å²) in [6.45, 7) is 12.3. The van der Waals surface area contributed by atoms with Crippen LogP contribution >= 0.6 is 11.6 Å². The first-order valence-corrected chi connectivity index (χ1v) is 15.4. The van der Waals surface area contributed by atoms with Crippen molar-refractivity contribution in [1.82, 2.24) is 14.3 Å². The van der Waals surface area contributed by atoms with Crippen molar-refractivity contribution in [3.05, 3.63) is 40.8 Å². The second-order valence-electron chi connectivity index (χ2n) is 10.5. The third kappa shape index (κ3) is 5.66. The van der Waals surface area contributed by atoms with Gasteiger partial charge in [0.2, 0.25) is 0 Å². The van der Waals surface area contributed by atoms with E-state index in [4.69, 9.17) is 20.8 Å². The van der Waals surface area contributed by atoms with Gasteiger partial charge in [0.25, 0.3) is 0 Å². The Morgan fingerprint density at radius 2 is 1.94 bits per heavy atom. The van der Waals surface area contributed by atoms with E-state index >= 15 is 0 Å². The van der Waals surface area contributed by atoms with Crippen molar-refractivity contribution in [3.63, 3.8) is 0 Å². The van der Waals surface area contributed by atoms with Gasteiger partial charge >= 0.3 is 5.97 Å². The Balaban J connectivity index is 2.12. The van der Waals surface area contributed by atoms with Gasteiger partial charge in [-0.3, -0.25) is 4.68 Å². The van der Waals surface area contributed by atoms with Gasteiger partial charge in [-0.1, -0.05) is 38.4 Å². The van der Waals surface area contributed by atoms with Crippen molar-refractivity contribution < 1.29 is 19.1 Å². The van der Waals surface area contributed by atoms with Gasteiger partial charge in [0.05, 0.1) is 23.8 Å². The molecule has 0 atom stereocenters. The molecule has 3 aromatic rings. The number of aryl methyl sites for hydroxylation is 3. The number of ether oxygens (including phenoxy) is 1. The van der Waals surface area contributed by atoms with Gasteiger partial charge in [0.1, 0.15) is 5.69 Å². The monoisotopic (exact) mass is 519 g/mol. The maximum atomic E-state index is 13.1. The quantitative estimate of drug-likeness (QED) is 0.207. The predicted octanol–water partition coefficient (Wildman–Crippen LogP) is 5.82. The first kappa shape index (κ1) is 27.5. The number of halogens is 1. The van der Waals surface area contributed by atoms with Crippen molar-refractivity contribution in [2.45, 2.75) is 64.7 Å². The number of methoxy groups -OCH3 is 1. The fraction of sp³-hybridized carbons (Fsp3) is 0.538. The second-order valence-corrected chi connectivity index (χ2v) is 15.7. The molecule has 0 aliphatic rings. The molecule has 7 nitrogen and oxygen atoms in total. The van der Waals surface area contributed by atoms with Crippen molar-refractivity contribution in [2.75, 3.05) is 20.3 Å². The van der Waals surface area contributed by atoms with Crippen molar-refractivity contribution in [3.8, 4) is 11.1 Å². The highest BCUT2D eigenvalue weighted by Gasteiger charge is 2.37. The number of esters is 1. The third-order valence-electron chi connectivity index (χ3n) is 7.03. The van der Waals surface area contributed by atoms with E-state index in [1.54, 1.807) is 10.9 Å². The van der Waals surface area contributed by atoms with Crippen LogP contribution in [-0.4, -0.2) is 54.1 Å². The highest BCUT2D eigenvalue weighted by molar-refractivity contribution is 6.74. The van der Waals surface area contributed by atoms with Crippen LogP contribution in [0.2, 0.25) is 23.2 Å². The van der Waals surface area contributed by atoms with Crippen LogP contribution in [0, 0.1) is 0 Å². The maximum absolute atomic E-state index is 13.1. The maximum Gasteiger partial charge on any atom is 0.354 e. The Hall–Kier alpha value is -2.13. The molecular formula is C26H38ClN3O4Si. The molecule has 1 aromatic carbocycles. The number of hydrogen-bond acceptors (Lipinski definition) is 5. The zero-order valence-electron chi connectivity index (χ0n) is 21.9. The summed E-state index contributed by atoms with van der Waals surface area (Å²) >= 11 is 6.72. The molecule has 0 spiro atoms. The van der Waals surface area contributed by atoms with E-state index in [1.165, 1.54) is 7.11 Å². The van der Waals surface area contributed by atoms with Gasteiger partial charge in [-0.2, -0.15) is 5.10 Å². The van der Waals surface area contributed by atoms with Gasteiger partial charge in [0.15, 0.2) is 8.32 Å². The van der Waals surface area contributed by atoms with Gasteiger partial charge < -0.3 is 18.8 Å². The summed E-state index contributed by atoms with van der Waals surface area (Å²) < 4.78 is 15.3. The lowest BCUT2D eigenvalue weighted by atomic mass is 10.0. The van der Waals surface area contributed by atoms with E-state index in [9.17, 15) is 9.90 Å². The lowest BCUT2D eigenvalue weighted by molar-refractivity contribution is 0.0586. The molecule has 0 aliphatic carbocycles. The Morgan fingerprint density at radius 1 is 1.23 bits per heavy atom. The Labute approximate surface area is 214 Å². The molecule has 0 unspecified atom stereocenters. The minimum absolute atomic E-state index is 0.0127. The van der Waals surface area contributed by atoms with E-state index < -0.39 is 14.3 Å². The zero-order valence-corrected chi connectivity index (χ0v) is 23.7. The van der Waals surface area contributed by atoms with Crippen LogP contribution < -0.4 is 0 Å². The molecule has 0 aliphatic heterocycles. The van der Waals surface area contributed by atoms with Crippen LogP contribution in [0.4, 0.5) is 0 Å². The van der Waals surface area contributed by atoms with Gasteiger partial charge in [-0.15, -0.1) is 0 Å². The Morgan fingerprint density at radius 3 is 2.51 bits per heavy atom. The normalized spacial score (nSPS) is 12.5. The largest absolute Gasteiger partial charge is 0.464 e. The molecule has 192 valence electrons. The molecule has 0 fully saturated rings. The van der Waals surface area contributed by atoms with Crippen LogP contribution in [0.1, 0.15) is 49.7 Å². The molecule has 9 heteroatoms. The number of nitrogens with zero attached hydrogens (tertiary/aromatic N) is 3. The number of aromatic nitrogens is 3. The average Bonchev–Trinajstić information content (AvgIpc) is 3.35. The van der Waals surface area contributed by atoms with Crippen molar-refractivity contribution in [1.29, 1.82) is 0 Å². The number of carbonyl (C=O) groups is 1. The molecular weight excluding hydrogens is 482 g/mol. The van der Waals surface area contributed by atoms with Gasteiger partial charge in [-0.25, -0.2) is 4.79 Å². The number of carbonyl (C=O) groups excluding carboxylic acids is 1. The third-order valence-corrected chi connectivity index (χ3v) is 11.9. The molecule has 0 radical (unpaired) electrons. The van der Waals surface area contributed by atoms with Crippen molar-refractivity contribution in [2.24, 2.45) is 7.05 Å². The highest BCUT2D eigenvalue weighted by atomic mass is 35.5. The molecule has 0 bridgehead atoms. The highest BCUT2D eigenvalue weighted by Crippen LogP contribution is 2.40. The zero-order chi connectivity index (χ0) is 26.0. The van der Waals surface area contributed by atoms with Crippen molar-refractivity contribution >= 4 is 36.8 Å². The van der Waals surface area contributed by atoms with Crippen LogP contribution in [0.5, 0.6) is 0 Å². The summed E-state index contributed by atoms with van der Waals surface area (Å²) in [5.41, 5.74) is 3.99. The Bertz CT molecular complexity index is 1190. The lowest BCUT2D eigenvalue weighted by Gasteiger charge is -2.36. The van der Waals surface area contributed by atoms with E-state index in [2.05, 4.69) is 39.0 Å². The minimum Gasteiger partial charge on any atom is -0.464 e. The lowest BCUT2D eigenvalue weighted by Crippen LogP contribution is -2.41. The summed E-state index contributed by atoms with van der Waals surface area (Å²) in [5.74, 6) is -0.396. The molecule has 2 aromatic heterocycles. The molecule has 2 heterocycles. The van der Waals surface area contributed by atoms with Crippen LogP contribution in [0.25, 0.3) is 22.0 Å². The molecule has 0 saturated heterocycles. The number of benzene rings is 1. The number of fused-ring (bicyclic) bond motifs is 1. The molecule has 3 rings (SSSR count). The average molecular weight is 520 g/mol.